The van der Waals surface area contributed by atoms with E-state index in [0.29, 0.717) is 95.2 Å². The second kappa shape index (κ2) is 20.2. The van der Waals surface area contributed by atoms with Crippen LogP contribution in [0.2, 0.25) is 0 Å². The number of rotatable bonds is 14. The van der Waals surface area contributed by atoms with Crippen LogP contribution in [0.1, 0.15) is 113 Å². The zero-order chi connectivity index (χ0) is 52.0. The Labute approximate surface area is 426 Å². The minimum absolute atomic E-state index is 0.0240. The minimum atomic E-state index is -1.07. The maximum Gasteiger partial charge on any atom is 0.264 e. The van der Waals surface area contributed by atoms with Gasteiger partial charge in [0.2, 0.25) is 23.6 Å². The quantitative estimate of drug-likeness (QED) is 0.164. The third kappa shape index (κ3) is 11.3. The lowest BCUT2D eigenvalue weighted by atomic mass is 9.78. The number of amides is 6. The van der Waals surface area contributed by atoms with E-state index in [1.807, 2.05) is 38.7 Å². The van der Waals surface area contributed by atoms with Crippen LogP contribution < -0.4 is 31.1 Å². The molecule has 20 heteroatoms. The lowest BCUT2D eigenvalue weighted by Crippen LogP contribution is -2.66. The second-order valence-electron chi connectivity index (χ2n) is 23.1. The molecule has 4 N–H and O–H groups in total. The van der Waals surface area contributed by atoms with Crippen molar-refractivity contribution in [3.8, 4) is 0 Å². The summed E-state index contributed by atoms with van der Waals surface area (Å²) in [4.78, 5) is 99.0. The summed E-state index contributed by atoms with van der Waals surface area (Å²) in [5.41, 5.74) is -0.559. The summed E-state index contributed by atoms with van der Waals surface area (Å²) < 4.78 is 31.3. The summed E-state index contributed by atoms with van der Waals surface area (Å²) in [7, 11) is 0. The number of aromatic nitrogens is 2. The Morgan fingerprint density at radius 1 is 0.822 bits per heavy atom. The van der Waals surface area contributed by atoms with Gasteiger partial charge in [-0.3, -0.25) is 48.8 Å². The molecule has 1 spiro atoms. The highest BCUT2D eigenvalue weighted by Crippen LogP contribution is 2.38. The van der Waals surface area contributed by atoms with Crippen molar-refractivity contribution in [3.63, 3.8) is 0 Å². The third-order valence-corrected chi connectivity index (χ3v) is 15.8. The number of hydrogen-bond acceptors (Lipinski definition) is 14. The van der Waals surface area contributed by atoms with Gasteiger partial charge in [-0.1, -0.05) is 33.8 Å². The molecular formula is C53H70F2N12O6. The summed E-state index contributed by atoms with van der Waals surface area (Å²) in [6, 6.07) is 8.38. The highest BCUT2D eigenvalue weighted by Gasteiger charge is 2.47. The molecule has 6 aliphatic rings. The average molecular weight is 1010 g/mol. The van der Waals surface area contributed by atoms with Gasteiger partial charge in [0, 0.05) is 106 Å². The van der Waals surface area contributed by atoms with Crippen molar-refractivity contribution in [3.05, 3.63) is 71.1 Å². The molecule has 0 aliphatic carbocycles. The first-order valence-electron chi connectivity index (χ1n) is 25.8. The molecule has 0 radical (unpaired) electrons. The number of carbonyl (C=O) groups is 6. The van der Waals surface area contributed by atoms with Crippen LogP contribution in [0.4, 0.5) is 31.8 Å². The van der Waals surface area contributed by atoms with E-state index in [1.165, 1.54) is 18.5 Å². The molecule has 5 fully saturated rings. The summed E-state index contributed by atoms with van der Waals surface area (Å²) >= 11 is 0. The molecule has 1 atom stereocenters. The molecule has 392 valence electrons. The fourth-order valence-corrected chi connectivity index (χ4v) is 11.9. The molecule has 2 aromatic carbocycles. The van der Waals surface area contributed by atoms with Crippen molar-refractivity contribution in [2.24, 2.45) is 10.8 Å². The van der Waals surface area contributed by atoms with Gasteiger partial charge in [0.15, 0.2) is 0 Å². The fourth-order valence-electron chi connectivity index (χ4n) is 11.9. The Morgan fingerprint density at radius 3 is 2.26 bits per heavy atom. The number of halogens is 2. The Kier molecular flexibility index (Phi) is 14.3. The average Bonchev–Trinajstić information content (AvgIpc) is 3.59. The molecule has 3 aromatic rings. The molecule has 0 saturated carbocycles. The number of piperidine rings is 3. The Morgan fingerprint density at radius 2 is 1.55 bits per heavy atom. The topological polar surface area (TPSA) is 196 Å². The van der Waals surface area contributed by atoms with Gasteiger partial charge in [-0.15, -0.1) is 0 Å². The largest absolute Gasteiger partial charge is 0.379 e. The van der Waals surface area contributed by atoms with Crippen LogP contribution in [0.25, 0.3) is 0 Å². The Hall–Kier alpha value is -6.28. The Balaban J connectivity index is 0.724. The highest BCUT2D eigenvalue weighted by atomic mass is 19.1. The number of piperazine rings is 2. The number of benzene rings is 2. The van der Waals surface area contributed by atoms with Gasteiger partial charge in [-0.05, 0) is 89.1 Å². The summed E-state index contributed by atoms with van der Waals surface area (Å²) in [6.45, 7) is 19.7. The summed E-state index contributed by atoms with van der Waals surface area (Å²) in [6.07, 6.45) is 5.28. The van der Waals surface area contributed by atoms with Gasteiger partial charge in [-0.25, -0.2) is 18.7 Å². The van der Waals surface area contributed by atoms with Gasteiger partial charge >= 0.3 is 0 Å². The van der Waals surface area contributed by atoms with E-state index >= 15 is 8.78 Å². The first kappa shape index (κ1) is 51.6. The van der Waals surface area contributed by atoms with Crippen LogP contribution in [-0.2, 0) is 25.7 Å². The van der Waals surface area contributed by atoms with Gasteiger partial charge in [0.05, 0.1) is 28.9 Å². The molecular weight excluding hydrogens is 939 g/mol. The number of likely N-dealkylation sites (tertiary alicyclic amines) is 1. The molecule has 18 nitrogen and oxygen atoms in total. The van der Waals surface area contributed by atoms with Gasteiger partial charge in [-0.2, -0.15) is 0 Å². The van der Waals surface area contributed by atoms with Crippen LogP contribution in [0.3, 0.4) is 0 Å². The van der Waals surface area contributed by atoms with E-state index in [-0.39, 0.29) is 53.4 Å². The smallest absolute Gasteiger partial charge is 0.264 e. The lowest BCUT2D eigenvalue weighted by molar-refractivity contribution is -0.143. The number of nitrogens with zero attached hydrogens (tertiary/aromatic N) is 8. The van der Waals surface area contributed by atoms with Gasteiger partial charge in [0.1, 0.15) is 35.6 Å². The van der Waals surface area contributed by atoms with Crippen molar-refractivity contribution in [1.29, 1.82) is 0 Å². The van der Waals surface area contributed by atoms with E-state index in [9.17, 15) is 28.8 Å². The van der Waals surface area contributed by atoms with Crippen molar-refractivity contribution in [1.82, 2.24) is 40.2 Å². The van der Waals surface area contributed by atoms with Crippen molar-refractivity contribution in [2.45, 2.75) is 110 Å². The van der Waals surface area contributed by atoms with Crippen LogP contribution in [0.15, 0.2) is 42.7 Å². The third-order valence-electron chi connectivity index (χ3n) is 15.8. The van der Waals surface area contributed by atoms with Crippen molar-refractivity contribution < 1.29 is 37.5 Å². The summed E-state index contributed by atoms with van der Waals surface area (Å²) in [5, 5.41) is 12.3. The maximum atomic E-state index is 15.7. The van der Waals surface area contributed by atoms with Crippen LogP contribution >= 0.6 is 0 Å². The number of imide groups is 2. The molecule has 1 aromatic heterocycles. The van der Waals surface area contributed by atoms with Crippen molar-refractivity contribution >= 4 is 58.5 Å². The van der Waals surface area contributed by atoms with Crippen molar-refractivity contribution in [2.75, 3.05) is 99.0 Å². The van der Waals surface area contributed by atoms with E-state index in [0.717, 1.165) is 43.2 Å². The fraction of sp³-hybridized carbons (Fsp3) is 0.585. The molecule has 5 saturated heterocycles. The number of fused-ring (bicyclic) bond motifs is 1. The SMILES string of the molecule is CC1(C)CCN(Cc2cc(F)c(N3CC(=O)NC4(CCN(c5cc(NCCN6CCN(C(=O)C(C)(C)CC(C)(C)Nc7cccc8c7C(=O)N(C7CCC(=O)NC7=O)C8=O)CC6)ncn5)CC4)C3)cc2F)CC1. The zero-order valence-corrected chi connectivity index (χ0v) is 43.0. The number of hydrogen-bond donors (Lipinski definition) is 4. The highest BCUT2D eigenvalue weighted by molar-refractivity contribution is 6.25. The standard InChI is InChI=1S/C53H70F2N12O6/c1-50(2)12-17-63(18-13-50)29-34-26-37(55)40(27-36(34)54)66-30-44(69)61-53(32-66)14-19-64(20-15-53)42-28-41(57-33-58-42)56-16-21-62-22-24-65(25-23-62)49(73)51(3,4)31-52(5,6)60-38-9-7-8-35-45(38)48(72)67(47(35)71)39-10-11-43(68)59-46(39)70/h7-9,26-28,33,39,60H,10-25,29-32H2,1-6H3,(H,61,69)(H,56,57,58)(H,59,68,70). The van der Waals surface area contributed by atoms with Gasteiger partial charge < -0.3 is 30.7 Å². The predicted octanol–water partition coefficient (Wildman–Crippen LogP) is 4.62. The first-order valence-corrected chi connectivity index (χ1v) is 25.8. The number of carbonyl (C=O) groups excluding carboxylic acids is 6. The van der Waals surface area contributed by atoms with Crippen LogP contribution in [0, 0.1) is 22.5 Å². The number of anilines is 4. The van der Waals surface area contributed by atoms with Crippen LogP contribution in [0.5, 0.6) is 0 Å². The molecule has 6 amide bonds. The van der Waals surface area contributed by atoms with Crippen LogP contribution in [-0.4, -0.2) is 161 Å². The molecule has 0 bridgehead atoms. The zero-order valence-electron chi connectivity index (χ0n) is 43.0. The van der Waals surface area contributed by atoms with Gasteiger partial charge in [0.25, 0.3) is 11.8 Å². The van der Waals surface area contributed by atoms with E-state index in [1.54, 1.807) is 23.1 Å². The second-order valence-corrected chi connectivity index (χ2v) is 23.1. The first-order chi connectivity index (χ1) is 34.6. The lowest BCUT2D eigenvalue weighted by Gasteiger charge is -2.48. The number of nitrogens with one attached hydrogen (secondary N) is 4. The van der Waals surface area contributed by atoms with E-state index in [4.69, 9.17) is 0 Å². The minimum Gasteiger partial charge on any atom is -0.379 e. The molecule has 6 aliphatic heterocycles. The molecule has 1 unspecified atom stereocenters. The molecule has 9 rings (SSSR count). The van der Waals surface area contributed by atoms with E-state index in [2.05, 4.69) is 59.8 Å². The monoisotopic (exact) mass is 1010 g/mol. The Bertz CT molecular complexity index is 2650. The molecule has 7 heterocycles. The normalized spacial score (nSPS) is 21.9. The molecule has 73 heavy (non-hydrogen) atoms. The summed E-state index contributed by atoms with van der Waals surface area (Å²) in [5.74, 6) is -1.99. The maximum absolute atomic E-state index is 15.7. The predicted molar refractivity (Wildman–Crippen MR) is 272 cm³/mol. The van der Waals surface area contributed by atoms with E-state index < -0.39 is 57.8 Å².